The van der Waals surface area contributed by atoms with Gasteiger partial charge in [-0.2, -0.15) is 0 Å². The summed E-state index contributed by atoms with van der Waals surface area (Å²) in [7, 11) is 0. The first-order chi connectivity index (χ1) is 15.4. The normalized spacial score (nSPS) is 11.6. The Labute approximate surface area is 199 Å². The van der Waals surface area contributed by atoms with Crippen LogP contribution in [0.3, 0.4) is 0 Å². The second-order valence-electron chi connectivity index (χ2n) is 7.62. The molecule has 0 aromatic heterocycles. The maximum atomic E-state index is 13.2. The number of carbonyl (C=O) groups is 2. The highest BCUT2D eigenvalue weighted by molar-refractivity contribution is 6.31. The Balaban J connectivity index is 1.70. The van der Waals surface area contributed by atoms with Crippen molar-refractivity contribution in [3.05, 3.63) is 106 Å². The predicted octanol–water partition coefficient (Wildman–Crippen LogP) is 5.66. The van der Waals surface area contributed by atoms with Crippen molar-refractivity contribution in [1.82, 2.24) is 10.2 Å². The van der Waals surface area contributed by atoms with Crippen LogP contribution < -0.4 is 5.32 Å². The molecule has 2 amide bonds. The number of rotatable bonds is 9. The maximum Gasteiger partial charge on any atom is 0.242 e. The minimum Gasteiger partial charge on any atom is -0.350 e. The van der Waals surface area contributed by atoms with Crippen molar-refractivity contribution in [1.29, 1.82) is 0 Å². The molecule has 4 nitrogen and oxygen atoms in total. The van der Waals surface area contributed by atoms with E-state index in [-0.39, 0.29) is 11.8 Å². The summed E-state index contributed by atoms with van der Waals surface area (Å²) >= 11 is 12.2. The van der Waals surface area contributed by atoms with Gasteiger partial charge in [-0.1, -0.05) is 83.9 Å². The molecule has 3 rings (SSSR count). The standard InChI is InChI=1S/C26H26Cl2N2O2/c1-19(26(32)29-17-22-9-5-6-10-24(22)28)30(18-21-11-14-23(27)15-12-21)25(31)16-13-20-7-3-2-4-8-20/h2-12,14-15,19H,13,16-18H2,1H3,(H,29,32). The summed E-state index contributed by atoms with van der Waals surface area (Å²) in [5.74, 6) is -0.309. The molecule has 3 aromatic rings. The van der Waals surface area contributed by atoms with Gasteiger partial charge in [-0.25, -0.2) is 0 Å². The second kappa shape index (κ2) is 11.7. The Morgan fingerprint density at radius 1 is 0.875 bits per heavy atom. The fourth-order valence-electron chi connectivity index (χ4n) is 3.38. The number of amides is 2. The van der Waals surface area contributed by atoms with Gasteiger partial charge < -0.3 is 10.2 Å². The number of nitrogens with zero attached hydrogens (tertiary/aromatic N) is 1. The lowest BCUT2D eigenvalue weighted by Crippen LogP contribution is -2.47. The summed E-state index contributed by atoms with van der Waals surface area (Å²) < 4.78 is 0. The van der Waals surface area contributed by atoms with Crippen LogP contribution in [0.4, 0.5) is 0 Å². The Bertz CT molecular complexity index is 1040. The summed E-state index contributed by atoms with van der Waals surface area (Å²) in [6, 6.07) is 23.9. The molecule has 0 spiro atoms. The van der Waals surface area contributed by atoms with E-state index >= 15 is 0 Å². The predicted molar refractivity (Wildman–Crippen MR) is 130 cm³/mol. The highest BCUT2D eigenvalue weighted by atomic mass is 35.5. The van der Waals surface area contributed by atoms with Gasteiger partial charge in [-0.15, -0.1) is 0 Å². The monoisotopic (exact) mass is 468 g/mol. The molecule has 1 atom stereocenters. The lowest BCUT2D eigenvalue weighted by molar-refractivity contribution is -0.140. The van der Waals surface area contributed by atoms with Gasteiger partial charge in [0.1, 0.15) is 6.04 Å². The summed E-state index contributed by atoms with van der Waals surface area (Å²) in [4.78, 5) is 27.7. The molecule has 0 aliphatic carbocycles. The van der Waals surface area contributed by atoms with Gasteiger partial charge >= 0.3 is 0 Å². The van der Waals surface area contributed by atoms with Gasteiger partial charge in [0, 0.05) is 29.6 Å². The third-order valence-electron chi connectivity index (χ3n) is 5.31. The van der Waals surface area contributed by atoms with Gasteiger partial charge in [0.05, 0.1) is 0 Å². The highest BCUT2D eigenvalue weighted by Gasteiger charge is 2.26. The molecule has 0 fully saturated rings. The zero-order chi connectivity index (χ0) is 22.9. The van der Waals surface area contributed by atoms with E-state index in [1.807, 2.05) is 60.7 Å². The third kappa shape index (κ3) is 6.84. The third-order valence-corrected chi connectivity index (χ3v) is 5.94. The number of benzene rings is 3. The molecular formula is C26H26Cl2N2O2. The van der Waals surface area contributed by atoms with Gasteiger partial charge in [0.25, 0.3) is 0 Å². The molecule has 3 aromatic carbocycles. The SMILES string of the molecule is CC(C(=O)NCc1ccccc1Cl)N(Cc1ccc(Cl)cc1)C(=O)CCc1ccccc1. The van der Waals surface area contributed by atoms with E-state index in [0.29, 0.717) is 36.0 Å². The molecular weight excluding hydrogens is 443 g/mol. The van der Waals surface area contributed by atoms with Crippen LogP contribution in [0.25, 0.3) is 0 Å². The Morgan fingerprint density at radius 3 is 2.22 bits per heavy atom. The molecule has 0 radical (unpaired) electrons. The summed E-state index contributed by atoms with van der Waals surface area (Å²) in [5, 5.41) is 4.13. The highest BCUT2D eigenvalue weighted by Crippen LogP contribution is 2.17. The van der Waals surface area contributed by atoms with Gasteiger partial charge in [-0.3, -0.25) is 9.59 Å². The molecule has 1 N–H and O–H groups in total. The molecule has 32 heavy (non-hydrogen) atoms. The van der Waals surface area contributed by atoms with Crippen molar-refractivity contribution < 1.29 is 9.59 Å². The van der Waals surface area contributed by atoms with Crippen LogP contribution in [0.1, 0.15) is 30.0 Å². The van der Waals surface area contributed by atoms with Crippen molar-refractivity contribution in [3.8, 4) is 0 Å². The number of hydrogen-bond donors (Lipinski definition) is 1. The van der Waals surface area contributed by atoms with E-state index in [1.54, 1.807) is 30.0 Å². The van der Waals surface area contributed by atoms with Crippen LogP contribution >= 0.6 is 23.2 Å². The Hall–Kier alpha value is -2.82. The largest absolute Gasteiger partial charge is 0.350 e. The fourth-order valence-corrected chi connectivity index (χ4v) is 3.71. The van der Waals surface area contributed by atoms with Crippen molar-refractivity contribution in [3.63, 3.8) is 0 Å². The molecule has 1 unspecified atom stereocenters. The molecule has 6 heteroatoms. The van der Waals surface area contributed by atoms with Crippen LogP contribution in [-0.4, -0.2) is 22.8 Å². The number of hydrogen-bond acceptors (Lipinski definition) is 2. The Morgan fingerprint density at radius 2 is 1.53 bits per heavy atom. The molecule has 0 aliphatic heterocycles. The van der Waals surface area contributed by atoms with Crippen molar-refractivity contribution in [2.75, 3.05) is 0 Å². The Kier molecular flexibility index (Phi) is 8.72. The quantitative estimate of drug-likeness (QED) is 0.440. The maximum absolute atomic E-state index is 13.2. The first kappa shape index (κ1) is 23.8. The number of halogens is 2. The molecule has 0 saturated carbocycles. The summed E-state index contributed by atoms with van der Waals surface area (Å²) in [5.41, 5.74) is 2.82. The van der Waals surface area contributed by atoms with Crippen LogP contribution in [0.15, 0.2) is 78.9 Å². The van der Waals surface area contributed by atoms with Crippen molar-refractivity contribution in [2.24, 2.45) is 0 Å². The van der Waals surface area contributed by atoms with E-state index in [4.69, 9.17) is 23.2 Å². The lowest BCUT2D eigenvalue weighted by Gasteiger charge is -2.29. The smallest absolute Gasteiger partial charge is 0.242 e. The zero-order valence-electron chi connectivity index (χ0n) is 17.9. The van der Waals surface area contributed by atoms with Crippen LogP contribution in [0.5, 0.6) is 0 Å². The first-order valence-electron chi connectivity index (χ1n) is 10.5. The second-order valence-corrected chi connectivity index (χ2v) is 8.46. The van der Waals surface area contributed by atoms with Gasteiger partial charge in [0.15, 0.2) is 0 Å². The zero-order valence-corrected chi connectivity index (χ0v) is 19.4. The van der Waals surface area contributed by atoms with Crippen LogP contribution in [0, 0.1) is 0 Å². The van der Waals surface area contributed by atoms with Crippen LogP contribution in [-0.2, 0) is 29.1 Å². The van der Waals surface area contributed by atoms with Crippen LogP contribution in [0.2, 0.25) is 10.0 Å². The average Bonchev–Trinajstić information content (AvgIpc) is 2.81. The minimum absolute atomic E-state index is 0.0794. The topological polar surface area (TPSA) is 49.4 Å². The van der Waals surface area contributed by atoms with Crippen molar-refractivity contribution in [2.45, 2.75) is 38.9 Å². The number of nitrogens with one attached hydrogen (secondary N) is 1. The lowest BCUT2D eigenvalue weighted by atomic mass is 10.1. The molecule has 166 valence electrons. The van der Waals surface area contributed by atoms with Gasteiger partial charge in [-0.05, 0) is 48.2 Å². The number of carbonyl (C=O) groups excluding carboxylic acids is 2. The number of aryl methyl sites for hydroxylation is 1. The molecule has 0 aliphatic rings. The average molecular weight is 469 g/mol. The van der Waals surface area contributed by atoms with E-state index in [1.165, 1.54) is 0 Å². The van der Waals surface area contributed by atoms with Gasteiger partial charge in [0.2, 0.25) is 11.8 Å². The first-order valence-corrected chi connectivity index (χ1v) is 11.3. The minimum atomic E-state index is -0.642. The summed E-state index contributed by atoms with van der Waals surface area (Å²) in [6.07, 6.45) is 0.935. The van der Waals surface area contributed by atoms with E-state index < -0.39 is 6.04 Å². The summed E-state index contributed by atoms with van der Waals surface area (Å²) in [6.45, 7) is 2.37. The molecule has 0 saturated heterocycles. The molecule has 0 bridgehead atoms. The fraction of sp³-hybridized carbons (Fsp3) is 0.231. The van der Waals surface area contributed by atoms with E-state index in [2.05, 4.69) is 5.32 Å². The molecule has 0 heterocycles. The van der Waals surface area contributed by atoms with Crippen molar-refractivity contribution >= 4 is 35.0 Å². The van der Waals surface area contributed by atoms with E-state index in [9.17, 15) is 9.59 Å². The van der Waals surface area contributed by atoms with E-state index in [0.717, 1.165) is 16.7 Å².